The van der Waals surface area contributed by atoms with E-state index in [1.807, 2.05) is 19.1 Å². The van der Waals surface area contributed by atoms with Crippen LogP contribution in [-0.2, 0) is 4.79 Å². The number of rotatable bonds is 6. The largest absolute Gasteiger partial charge is 0.346 e. The average Bonchev–Trinajstić information content (AvgIpc) is 3.13. The Labute approximate surface area is 158 Å². The number of aromatic nitrogens is 2. The minimum atomic E-state index is -0.302. The van der Waals surface area contributed by atoms with Gasteiger partial charge in [0.15, 0.2) is 5.82 Å². The number of halogens is 1. The molecule has 1 aromatic carbocycles. The van der Waals surface area contributed by atoms with Crippen molar-refractivity contribution in [1.82, 2.24) is 20.8 Å². The Balaban J connectivity index is 1.55. The van der Waals surface area contributed by atoms with E-state index in [1.54, 1.807) is 12.1 Å². The zero-order valence-electron chi connectivity index (χ0n) is 15.2. The van der Waals surface area contributed by atoms with Crippen molar-refractivity contribution < 1.29 is 9.32 Å². The number of amides is 1. The molecule has 1 aromatic heterocycles. The standard InChI is InChI=1S/C19H25ClN4O2/c1-12(15-4-3-9-21-11-15)10-17(25)22-13(2)18-23-19(26-24-18)14-5-7-16(20)8-6-14/h5-8,12-13,15,21H,3-4,9-11H2,1-2H3,(H,22,25). The number of carbonyl (C=O) groups excluding carboxylic acids is 1. The molecular weight excluding hydrogens is 352 g/mol. The van der Waals surface area contributed by atoms with Crippen molar-refractivity contribution in [2.45, 2.75) is 39.2 Å². The molecule has 1 saturated heterocycles. The lowest BCUT2D eigenvalue weighted by atomic mass is 9.85. The van der Waals surface area contributed by atoms with Crippen LogP contribution in [0.5, 0.6) is 0 Å². The summed E-state index contributed by atoms with van der Waals surface area (Å²) < 4.78 is 5.31. The molecule has 1 fully saturated rings. The van der Waals surface area contributed by atoms with Gasteiger partial charge in [-0.2, -0.15) is 4.98 Å². The van der Waals surface area contributed by atoms with Gasteiger partial charge >= 0.3 is 0 Å². The molecule has 2 heterocycles. The molecule has 0 saturated carbocycles. The van der Waals surface area contributed by atoms with Crippen LogP contribution in [0.25, 0.3) is 11.5 Å². The van der Waals surface area contributed by atoms with Gasteiger partial charge in [-0.1, -0.05) is 23.7 Å². The van der Waals surface area contributed by atoms with E-state index >= 15 is 0 Å². The minimum absolute atomic E-state index is 0.0217. The first kappa shape index (κ1) is 18.9. The van der Waals surface area contributed by atoms with E-state index in [2.05, 4.69) is 27.7 Å². The highest BCUT2D eigenvalue weighted by Crippen LogP contribution is 2.24. The second-order valence-electron chi connectivity index (χ2n) is 7.04. The van der Waals surface area contributed by atoms with Crippen LogP contribution in [0, 0.1) is 11.8 Å². The second-order valence-corrected chi connectivity index (χ2v) is 7.48. The van der Waals surface area contributed by atoms with E-state index in [4.69, 9.17) is 16.1 Å². The minimum Gasteiger partial charge on any atom is -0.346 e. The third kappa shape index (κ3) is 4.83. The molecule has 7 heteroatoms. The SMILES string of the molecule is CC(NC(=O)CC(C)C1CCCNC1)c1noc(-c2ccc(Cl)cc2)n1. The summed E-state index contributed by atoms with van der Waals surface area (Å²) in [4.78, 5) is 16.7. The molecule has 3 rings (SSSR count). The Morgan fingerprint density at radius 2 is 2.15 bits per heavy atom. The van der Waals surface area contributed by atoms with Gasteiger partial charge in [0.05, 0.1) is 6.04 Å². The number of benzene rings is 1. The van der Waals surface area contributed by atoms with Gasteiger partial charge in [-0.15, -0.1) is 0 Å². The lowest BCUT2D eigenvalue weighted by molar-refractivity contribution is -0.123. The lowest BCUT2D eigenvalue weighted by Crippen LogP contribution is -2.36. The molecule has 2 aromatic rings. The van der Waals surface area contributed by atoms with Crippen LogP contribution in [0.3, 0.4) is 0 Å². The summed E-state index contributed by atoms with van der Waals surface area (Å²) in [6.07, 6.45) is 2.88. The van der Waals surface area contributed by atoms with Crippen LogP contribution in [0.4, 0.5) is 0 Å². The molecule has 0 spiro atoms. The highest BCUT2D eigenvalue weighted by Gasteiger charge is 2.23. The van der Waals surface area contributed by atoms with E-state index in [0.717, 1.165) is 18.7 Å². The van der Waals surface area contributed by atoms with Crippen molar-refractivity contribution in [1.29, 1.82) is 0 Å². The first-order valence-electron chi connectivity index (χ1n) is 9.12. The van der Waals surface area contributed by atoms with Crippen molar-refractivity contribution in [3.8, 4) is 11.5 Å². The zero-order chi connectivity index (χ0) is 18.5. The molecule has 26 heavy (non-hydrogen) atoms. The normalized spacial score (nSPS) is 19.7. The highest BCUT2D eigenvalue weighted by molar-refractivity contribution is 6.30. The van der Waals surface area contributed by atoms with E-state index in [-0.39, 0.29) is 11.9 Å². The maximum absolute atomic E-state index is 12.4. The Hall–Kier alpha value is -1.92. The summed E-state index contributed by atoms with van der Waals surface area (Å²) in [5.74, 6) is 1.82. The molecule has 1 aliphatic rings. The van der Waals surface area contributed by atoms with Crippen molar-refractivity contribution in [3.63, 3.8) is 0 Å². The number of nitrogens with zero attached hydrogens (tertiary/aromatic N) is 2. The molecule has 6 nitrogen and oxygen atoms in total. The summed E-state index contributed by atoms with van der Waals surface area (Å²) in [5, 5.41) is 11.0. The number of hydrogen-bond acceptors (Lipinski definition) is 5. The van der Waals surface area contributed by atoms with Crippen molar-refractivity contribution in [2.75, 3.05) is 13.1 Å². The summed E-state index contributed by atoms with van der Waals surface area (Å²) in [7, 11) is 0. The molecule has 3 atom stereocenters. The molecule has 2 N–H and O–H groups in total. The van der Waals surface area contributed by atoms with Crippen molar-refractivity contribution in [3.05, 3.63) is 35.1 Å². The van der Waals surface area contributed by atoms with Crippen LogP contribution < -0.4 is 10.6 Å². The molecule has 1 aliphatic heterocycles. The van der Waals surface area contributed by atoms with Gasteiger partial charge in [-0.3, -0.25) is 4.79 Å². The topological polar surface area (TPSA) is 80.0 Å². The van der Waals surface area contributed by atoms with Gasteiger partial charge in [-0.25, -0.2) is 0 Å². The van der Waals surface area contributed by atoms with Crippen LogP contribution in [0.1, 0.15) is 45.0 Å². The fourth-order valence-electron chi connectivity index (χ4n) is 3.31. The first-order valence-corrected chi connectivity index (χ1v) is 9.50. The summed E-state index contributed by atoms with van der Waals surface area (Å²) in [5.41, 5.74) is 0.796. The molecular formula is C19H25ClN4O2. The van der Waals surface area contributed by atoms with E-state index in [9.17, 15) is 4.79 Å². The summed E-state index contributed by atoms with van der Waals surface area (Å²) in [6.45, 7) is 6.09. The molecule has 0 bridgehead atoms. The predicted octanol–water partition coefficient (Wildman–Crippen LogP) is 3.59. The van der Waals surface area contributed by atoms with Gasteiger partial charge in [0.1, 0.15) is 0 Å². The van der Waals surface area contributed by atoms with E-state index in [1.165, 1.54) is 12.8 Å². The molecule has 140 valence electrons. The Morgan fingerprint density at radius 1 is 1.38 bits per heavy atom. The van der Waals surface area contributed by atoms with E-state index in [0.29, 0.717) is 35.0 Å². The monoisotopic (exact) mass is 376 g/mol. The number of hydrogen-bond donors (Lipinski definition) is 2. The Bertz CT molecular complexity index is 725. The zero-order valence-corrected chi connectivity index (χ0v) is 15.9. The van der Waals surface area contributed by atoms with Crippen LogP contribution >= 0.6 is 11.6 Å². The van der Waals surface area contributed by atoms with Crippen LogP contribution in [0.2, 0.25) is 5.02 Å². The van der Waals surface area contributed by atoms with Gasteiger partial charge in [-0.05, 0) is 69.0 Å². The lowest BCUT2D eigenvalue weighted by Gasteiger charge is -2.28. The Kier molecular flexibility index (Phi) is 6.27. The second kappa shape index (κ2) is 8.64. The fraction of sp³-hybridized carbons (Fsp3) is 0.526. The maximum atomic E-state index is 12.4. The Morgan fingerprint density at radius 3 is 2.85 bits per heavy atom. The summed E-state index contributed by atoms with van der Waals surface area (Å²) in [6, 6.07) is 6.89. The van der Waals surface area contributed by atoms with Gasteiger partial charge in [0.2, 0.25) is 5.91 Å². The van der Waals surface area contributed by atoms with Gasteiger partial charge in [0.25, 0.3) is 5.89 Å². The molecule has 3 unspecified atom stereocenters. The molecule has 0 aliphatic carbocycles. The predicted molar refractivity (Wildman–Crippen MR) is 101 cm³/mol. The first-order chi connectivity index (χ1) is 12.5. The molecule has 1 amide bonds. The maximum Gasteiger partial charge on any atom is 0.257 e. The molecule has 0 radical (unpaired) electrons. The number of piperidine rings is 1. The average molecular weight is 377 g/mol. The van der Waals surface area contributed by atoms with Crippen LogP contribution in [0.15, 0.2) is 28.8 Å². The summed E-state index contributed by atoms with van der Waals surface area (Å²) >= 11 is 5.89. The van der Waals surface area contributed by atoms with Crippen molar-refractivity contribution in [2.24, 2.45) is 11.8 Å². The smallest absolute Gasteiger partial charge is 0.257 e. The third-order valence-corrected chi connectivity index (χ3v) is 5.20. The number of carbonyl (C=O) groups is 1. The fourth-order valence-corrected chi connectivity index (χ4v) is 3.43. The van der Waals surface area contributed by atoms with E-state index < -0.39 is 0 Å². The van der Waals surface area contributed by atoms with Crippen LogP contribution in [-0.4, -0.2) is 29.1 Å². The van der Waals surface area contributed by atoms with Crippen molar-refractivity contribution >= 4 is 17.5 Å². The quantitative estimate of drug-likeness (QED) is 0.805. The van der Waals surface area contributed by atoms with Gasteiger partial charge in [0, 0.05) is 17.0 Å². The van der Waals surface area contributed by atoms with Gasteiger partial charge < -0.3 is 15.2 Å². The number of nitrogens with one attached hydrogen (secondary N) is 2. The highest BCUT2D eigenvalue weighted by atomic mass is 35.5. The third-order valence-electron chi connectivity index (χ3n) is 4.94.